The zero-order valence-corrected chi connectivity index (χ0v) is 9.42. The molecule has 1 amide bonds. The first kappa shape index (κ1) is 9.96. The van der Waals surface area contributed by atoms with Gasteiger partial charge in [0, 0.05) is 17.3 Å². The highest BCUT2D eigenvalue weighted by molar-refractivity contribution is 6.14. The van der Waals surface area contributed by atoms with E-state index in [0.29, 0.717) is 6.42 Å². The van der Waals surface area contributed by atoms with Crippen LogP contribution in [-0.4, -0.2) is 16.6 Å². The van der Waals surface area contributed by atoms with Gasteiger partial charge in [0.05, 0.1) is 17.6 Å². The van der Waals surface area contributed by atoms with Crippen LogP contribution in [0.4, 0.5) is 5.69 Å². The average molecular weight is 225 g/mol. The molecular weight excluding hydrogens is 214 g/mol. The van der Waals surface area contributed by atoms with Crippen molar-refractivity contribution < 1.29 is 4.79 Å². The SMILES string of the molecule is CC1=NN(c2ccnc3ccccc23)C(=O)C1. The van der Waals surface area contributed by atoms with Crippen LogP contribution >= 0.6 is 0 Å². The van der Waals surface area contributed by atoms with Crippen molar-refractivity contribution in [1.29, 1.82) is 0 Å². The van der Waals surface area contributed by atoms with E-state index in [4.69, 9.17) is 0 Å². The Morgan fingerprint density at radius 1 is 1.24 bits per heavy atom. The number of carbonyl (C=O) groups is 1. The molecule has 0 saturated heterocycles. The molecule has 1 aromatic carbocycles. The van der Waals surface area contributed by atoms with Crippen molar-refractivity contribution in [2.75, 3.05) is 5.01 Å². The van der Waals surface area contributed by atoms with Crippen LogP contribution in [-0.2, 0) is 4.79 Å². The maximum atomic E-state index is 11.8. The van der Waals surface area contributed by atoms with Crippen molar-refractivity contribution >= 4 is 28.2 Å². The number of anilines is 1. The number of para-hydroxylation sites is 1. The molecule has 0 spiro atoms. The van der Waals surface area contributed by atoms with Crippen LogP contribution in [0.3, 0.4) is 0 Å². The molecule has 0 fully saturated rings. The molecule has 1 aliphatic rings. The lowest BCUT2D eigenvalue weighted by molar-refractivity contribution is -0.116. The first-order valence-corrected chi connectivity index (χ1v) is 5.46. The number of hydrogen-bond donors (Lipinski definition) is 0. The van der Waals surface area contributed by atoms with Gasteiger partial charge in [-0.15, -0.1) is 0 Å². The molecule has 0 saturated carbocycles. The van der Waals surface area contributed by atoms with Crippen LogP contribution < -0.4 is 5.01 Å². The van der Waals surface area contributed by atoms with Gasteiger partial charge >= 0.3 is 0 Å². The first-order chi connectivity index (χ1) is 8.25. The van der Waals surface area contributed by atoms with Crippen molar-refractivity contribution in [3.8, 4) is 0 Å². The van der Waals surface area contributed by atoms with Crippen LogP contribution in [0.25, 0.3) is 10.9 Å². The third kappa shape index (κ3) is 1.58. The molecule has 0 N–H and O–H groups in total. The van der Waals surface area contributed by atoms with Gasteiger partial charge in [0.15, 0.2) is 0 Å². The Kier molecular flexibility index (Phi) is 2.14. The molecular formula is C13H11N3O. The Hall–Kier alpha value is -2.23. The number of aromatic nitrogens is 1. The summed E-state index contributed by atoms with van der Waals surface area (Å²) in [5.74, 6) is 0.0128. The van der Waals surface area contributed by atoms with Gasteiger partial charge in [0.2, 0.25) is 0 Å². The van der Waals surface area contributed by atoms with E-state index < -0.39 is 0 Å². The molecule has 0 atom stereocenters. The van der Waals surface area contributed by atoms with E-state index in [1.54, 1.807) is 6.20 Å². The summed E-state index contributed by atoms with van der Waals surface area (Å²) < 4.78 is 0. The predicted octanol–water partition coefficient (Wildman–Crippen LogP) is 2.35. The second-order valence-electron chi connectivity index (χ2n) is 4.06. The number of amides is 1. The molecule has 17 heavy (non-hydrogen) atoms. The summed E-state index contributed by atoms with van der Waals surface area (Å²) in [4.78, 5) is 16.1. The molecule has 2 aromatic rings. The van der Waals surface area contributed by atoms with E-state index in [1.165, 1.54) is 5.01 Å². The number of hydrogen-bond acceptors (Lipinski definition) is 3. The molecule has 0 bridgehead atoms. The maximum Gasteiger partial charge on any atom is 0.253 e. The lowest BCUT2D eigenvalue weighted by Crippen LogP contribution is -2.19. The van der Waals surface area contributed by atoms with E-state index in [9.17, 15) is 4.79 Å². The Labute approximate surface area is 98.6 Å². The molecule has 84 valence electrons. The van der Waals surface area contributed by atoms with Crippen LogP contribution in [0.1, 0.15) is 13.3 Å². The van der Waals surface area contributed by atoms with Crippen molar-refractivity contribution in [3.63, 3.8) is 0 Å². The summed E-state index contributed by atoms with van der Waals surface area (Å²) in [6.45, 7) is 1.86. The molecule has 1 aromatic heterocycles. The van der Waals surface area contributed by atoms with Gasteiger partial charge in [-0.25, -0.2) is 0 Å². The lowest BCUT2D eigenvalue weighted by Gasteiger charge is -2.13. The standard InChI is InChI=1S/C13H11N3O/c1-9-8-13(17)16(15-9)12-6-7-14-11-5-3-2-4-10(11)12/h2-7H,8H2,1H3. The monoisotopic (exact) mass is 225 g/mol. The zero-order valence-electron chi connectivity index (χ0n) is 9.42. The Morgan fingerprint density at radius 2 is 2.06 bits per heavy atom. The zero-order chi connectivity index (χ0) is 11.8. The third-order valence-electron chi connectivity index (χ3n) is 2.77. The number of benzene rings is 1. The Balaban J connectivity index is 2.21. The molecule has 1 aliphatic heterocycles. The van der Waals surface area contributed by atoms with Crippen LogP contribution in [0.5, 0.6) is 0 Å². The molecule has 4 nitrogen and oxygen atoms in total. The van der Waals surface area contributed by atoms with Crippen molar-refractivity contribution in [2.45, 2.75) is 13.3 Å². The summed E-state index contributed by atoms with van der Waals surface area (Å²) >= 11 is 0. The van der Waals surface area contributed by atoms with E-state index in [-0.39, 0.29) is 5.91 Å². The van der Waals surface area contributed by atoms with E-state index >= 15 is 0 Å². The van der Waals surface area contributed by atoms with Gasteiger partial charge in [0.1, 0.15) is 0 Å². The number of carbonyl (C=O) groups excluding carboxylic acids is 1. The normalized spacial score (nSPS) is 15.5. The number of fused-ring (bicyclic) bond motifs is 1. The maximum absolute atomic E-state index is 11.8. The quantitative estimate of drug-likeness (QED) is 0.747. The van der Waals surface area contributed by atoms with Gasteiger partial charge in [-0.3, -0.25) is 9.78 Å². The van der Waals surface area contributed by atoms with Crippen molar-refractivity contribution in [2.24, 2.45) is 5.10 Å². The highest BCUT2D eigenvalue weighted by Gasteiger charge is 2.23. The minimum Gasteiger partial charge on any atom is -0.272 e. The number of nitrogens with zero attached hydrogens (tertiary/aromatic N) is 3. The van der Waals surface area contributed by atoms with E-state index in [0.717, 1.165) is 22.3 Å². The summed E-state index contributed by atoms with van der Waals surface area (Å²) in [6, 6.07) is 9.57. The fourth-order valence-electron chi connectivity index (χ4n) is 2.01. The number of hydrazone groups is 1. The van der Waals surface area contributed by atoms with Crippen LogP contribution in [0.2, 0.25) is 0 Å². The molecule has 2 heterocycles. The van der Waals surface area contributed by atoms with Gasteiger partial charge in [-0.05, 0) is 19.1 Å². The van der Waals surface area contributed by atoms with Crippen molar-refractivity contribution in [1.82, 2.24) is 4.98 Å². The second kappa shape index (κ2) is 3.66. The highest BCUT2D eigenvalue weighted by atomic mass is 16.2. The largest absolute Gasteiger partial charge is 0.272 e. The number of pyridine rings is 1. The fraction of sp³-hybridized carbons (Fsp3) is 0.154. The predicted molar refractivity (Wildman–Crippen MR) is 67.0 cm³/mol. The van der Waals surface area contributed by atoms with E-state index in [1.807, 2.05) is 37.3 Å². The molecule has 0 radical (unpaired) electrons. The second-order valence-corrected chi connectivity index (χ2v) is 4.06. The average Bonchev–Trinajstić information content (AvgIpc) is 2.68. The van der Waals surface area contributed by atoms with Crippen molar-refractivity contribution in [3.05, 3.63) is 36.5 Å². The third-order valence-corrected chi connectivity index (χ3v) is 2.77. The fourth-order valence-corrected chi connectivity index (χ4v) is 2.01. The topological polar surface area (TPSA) is 45.6 Å². The van der Waals surface area contributed by atoms with Crippen LogP contribution in [0, 0.1) is 0 Å². The summed E-state index contributed by atoms with van der Waals surface area (Å²) in [7, 11) is 0. The minimum absolute atomic E-state index is 0.0128. The molecule has 4 heteroatoms. The van der Waals surface area contributed by atoms with Gasteiger partial charge in [-0.2, -0.15) is 10.1 Å². The Bertz CT molecular complexity index is 628. The van der Waals surface area contributed by atoms with Gasteiger partial charge in [0.25, 0.3) is 5.91 Å². The summed E-state index contributed by atoms with van der Waals surface area (Å²) in [6.07, 6.45) is 2.10. The highest BCUT2D eigenvalue weighted by Crippen LogP contribution is 2.27. The summed E-state index contributed by atoms with van der Waals surface area (Å²) in [5.41, 5.74) is 2.52. The van der Waals surface area contributed by atoms with E-state index in [2.05, 4.69) is 10.1 Å². The minimum atomic E-state index is 0.0128. The smallest absolute Gasteiger partial charge is 0.253 e. The molecule has 0 unspecified atom stereocenters. The van der Waals surface area contributed by atoms with Gasteiger partial charge < -0.3 is 0 Å². The lowest BCUT2D eigenvalue weighted by atomic mass is 10.2. The van der Waals surface area contributed by atoms with Gasteiger partial charge in [-0.1, -0.05) is 18.2 Å². The molecule has 0 aliphatic carbocycles. The Morgan fingerprint density at radius 3 is 2.82 bits per heavy atom. The van der Waals surface area contributed by atoms with Crippen LogP contribution in [0.15, 0.2) is 41.6 Å². The molecule has 3 rings (SSSR count). The number of rotatable bonds is 1. The summed E-state index contributed by atoms with van der Waals surface area (Å²) in [5, 5.41) is 6.68. The first-order valence-electron chi connectivity index (χ1n) is 5.46.